The molecular weight excluding hydrogens is 384 g/mol. The van der Waals surface area contributed by atoms with Crippen LogP contribution in [0.4, 0.5) is 19.2 Å². The fraction of sp³-hybridized carbons (Fsp3) is 0. The molecule has 0 aromatic rings. The van der Waals surface area contributed by atoms with Crippen LogP contribution >= 0.6 is 0 Å². The molecule has 0 unspecified atom stereocenters. The molecule has 23 heavy (non-hydrogen) atoms. The minimum Gasteiger partial charge on any atom is -0.356 e. The van der Waals surface area contributed by atoms with Crippen molar-refractivity contribution in [2.45, 2.75) is 0 Å². The van der Waals surface area contributed by atoms with E-state index in [1.54, 1.807) is 10.6 Å². The van der Waals surface area contributed by atoms with Crippen molar-refractivity contribution in [3.05, 3.63) is 30.6 Å². The molecule has 0 spiro atoms. The van der Waals surface area contributed by atoms with E-state index in [0.29, 0.717) is 0 Å². The summed E-state index contributed by atoms with van der Waals surface area (Å²) in [6, 6.07) is -3.75. The number of urea groups is 4. The standard InChI is InChI=1S/2C2H5N3O2.Cu.2NO3/c2*3-1(6)5-2(4)7;;2*2-1(3)4/h2*(H5,3,4,5,6,7);;;/q;;+2;2*-1. The smallest absolute Gasteiger partial charge is 0.356 e. The van der Waals surface area contributed by atoms with Crippen molar-refractivity contribution in [1.82, 2.24) is 10.6 Å². The minimum absolute atomic E-state index is 0. The van der Waals surface area contributed by atoms with Gasteiger partial charge >= 0.3 is 41.2 Å². The van der Waals surface area contributed by atoms with Gasteiger partial charge in [-0.2, -0.15) is 0 Å². The molecule has 0 rings (SSSR count). The Morgan fingerprint density at radius 2 is 0.696 bits per heavy atom. The maximum Gasteiger partial charge on any atom is 2.00 e. The summed E-state index contributed by atoms with van der Waals surface area (Å²) in [4.78, 5) is 55.0. The molecule has 18 nitrogen and oxygen atoms in total. The van der Waals surface area contributed by atoms with Crippen LogP contribution in [-0.2, 0) is 17.1 Å². The average Bonchev–Trinajstić information content (AvgIpc) is 2.10. The van der Waals surface area contributed by atoms with Crippen LogP contribution in [0.15, 0.2) is 0 Å². The number of primary amides is 4. The summed E-state index contributed by atoms with van der Waals surface area (Å²) in [5, 5.41) is 32.7. The topological polar surface area (TPSA) is 329 Å². The Morgan fingerprint density at radius 1 is 0.609 bits per heavy atom. The second-order valence-corrected chi connectivity index (χ2v) is 2.15. The predicted octanol–water partition coefficient (Wildman–Crippen LogP) is -3.01. The van der Waals surface area contributed by atoms with Crippen LogP contribution in [0, 0.1) is 30.6 Å². The molecule has 0 saturated carbocycles. The van der Waals surface area contributed by atoms with E-state index in [1.807, 2.05) is 0 Å². The number of hydrogen-bond acceptors (Lipinski definition) is 10. The molecule has 0 atom stereocenters. The van der Waals surface area contributed by atoms with Gasteiger partial charge in [0, 0.05) is 0 Å². The summed E-state index contributed by atoms with van der Waals surface area (Å²) in [7, 11) is 0. The van der Waals surface area contributed by atoms with Crippen molar-refractivity contribution < 1.29 is 46.4 Å². The third kappa shape index (κ3) is 256. The fourth-order valence-corrected chi connectivity index (χ4v) is 0.243. The number of nitrogens with zero attached hydrogens (tertiary/aromatic N) is 2. The van der Waals surface area contributed by atoms with Gasteiger partial charge in [-0.05, 0) is 0 Å². The SMILES string of the molecule is NC(=O)NC(N)=O.NC(=O)NC(N)=O.O=[N+]([O-])[O-].O=[N+]([O-])[O-].[Cu+2]. The Balaban J connectivity index is -0.0000000639. The molecule has 1 radical (unpaired) electrons. The van der Waals surface area contributed by atoms with E-state index in [4.69, 9.17) is 30.6 Å². The maximum absolute atomic E-state index is 9.62. The van der Waals surface area contributed by atoms with Gasteiger partial charge in [0.2, 0.25) is 0 Å². The molecule has 0 heterocycles. The molecule has 0 aliphatic rings. The van der Waals surface area contributed by atoms with Crippen molar-refractivity contribution >= 4 is 24.1 Å². The third-order valence-corrected chi connectivity index (χ3v) is 0.493. The number of nitrogens with two attached hydrogens (primary N) is 4. The van der Waals surface area contributed by atoms with Gasteiger partial charge in [0.05, 0.1) is 10.2 Å². The van der Waals surface area contributed by atoms with Gasteiger partial charge in [-0.15, -0.1) is 0 Å². The van der Waals surface area contributed by atoms with Crippen LogP contribution in [-0.4, -0.2) is 34.3 Å². The molecule has 8 amide bonds. The van der Waals surface area contributed by atoms with Crippen molar-refractivity contribution in [1.29, 1.82) is 0 Å². The van der Waals surface area contributed by atoms with Crippen LogP contribution in [0.25, 0.3) is 0 Å². The normalized spacial score (nSPS) is 6.61. The first-order chi connectivity index (χ1) is 9.72. The van der Waals surface area contributed by atoms with E-state index >= 15 is 0 Å². The van der Waals surface area contributed by atoms with Gasteiger partial charge in [-0.3, -0.25) is 10.6 Å². The molecule has 0 aromatic heterocycles. The summed E-state index contributed by atoms with van der Waals surface area (Å²) in [6.07, 6.45) is 0. The number of carbonyl (C=O) groups excluding carboxylic acids is 4. The number of imide groups is 2. The van der Waals surface area contributed by atoms with E-state index < -0.39 is 34.3 Å². The Bertz CT molecular complexity index is 344. The van der Waals surface area contributed by atoms with Gasteiger partial charge in [-0.1, -0.05) is 0 Å². The molecule has 137 valence electrons. The quantitative estimate of drug-likeness (QED) is 0.137. The average molecular weight is 394 g/mol. The molecule has 19 heteroatoms. The van der Waals surface area contributed by atoms with Crippen molar-refractivity contribution in [3.8, 4) is 0 Å². The zero-order valence-corrected chi connectivity index (χ0v) is 11.5. The van der Waals surface area contributed by atoms with Crippen molar-refractivity contribution in [3.63, 3.8) is 0 Å². The fourth-order valence-electron chi connectivity index (χ4n) is 0.243. The number of hydrogen-bond donors (Lipinski definition) is 6. The van der Waals surface area contributed by atoms with Crippen molar-refractivity contribution in [2.75, 3.05) is 0 Å². The van der Waals surface area contributed by atoms with E-state index in [-0.39, 0.29) is 17.1 Å². The third-order valence-electron chi connectivity index (χ3n) is 0.493. The number of nitrogens with one attached hydrogen (secondary N) is 2. The number of carbonyl (C=O) groups is 4. The van der Waals surface area contributed by atoms with E-state index in [0.717, 1.165) is 0 Å². The second-order valence-electron chi connectivity index (χ2n) is 2.15. The summed E-state index contributed by atoms with van der Waals surface area (Å²) in [5.41, 5.74) is 17.8. The van der Waals surface area contributed by atoms with Crippen LogP contribution in [0.1, 0.15) is 0 Å². The first-order valence-corrected chi connectivity index (χ1v) is 4.07. The van der Waals surface area contributed by atoms with Crippen LogP contribution < -0.4 is 33.6 Å². The molecular formula is C4H10CuN8O10. The van der Waals surface area contributed by atoms with Gasteiger partial charge in [0.15, 0.2) is 0 Å². The second kappa shape index (κ2) is 20.7. The minimum atomic E-state index is -1.75. The van der Waals surface area contributed by atoms with Crippen LogP contribution in [0.5, 0.6) is 0 Å². The van der Waals surface area contributed by atoms with Gasteiger partial charge in [-0.25, -0.2) is 19.2 Å². The predicted molar refractivity (Wildman–Crippen MR) is 65.3 cm³/mol. The molecule has 0 aliphatic carbocycles. The molecule has 0 bridgehead atoms. The van der Waals surface area contributed by atoms with Crippen LogP contribution in [0.2, 0.25) is 0 Å². The molecule has 0 fully saturated rings. The largest absolute Gasteiger partial charge is 2.00 e. The van der Waals surface area contributed by atoms with E-state index in [1.165, 1.54) is 0 Å². The Hall–Kier alpha value is -3.60. The van der Waals surface area contributed by atoms with Gasteiger partial charge < -0.3 is 53.6 Å². The zero-order valence-electron chi connectivity index (χ0n) is 10.6. The van der Waals surface area contributed by atoms with E-state index in [2.05, 4.69) is 22.9 Å². The zero-order chi connectivity index (χ0) is 18.9. The van der Waals surface area contributed by atoms with Gasteiger partial charge in [0.25, 0.3) is 0 Å². The summed E-state index contributed by atoms with van der Waals surface area (Å²) in [6.45, 7) is 0. The Morgan fingerprint density at radius 3 is 0.696 bits per heavy atom. The van der Waals surface area contributed by atoms with Crippen molar-refractivity contribution in [2.24, 2.45) is 22.9 Å². The Kier molecular flexibility index (Phi) is 28.5. The molecule has 0 aliphatic heterocycles. The molecule has 10 N–H and O–H groups in total. The monoisotopic (exact) mass is 393 g/mol. The summed E-state index contributed by atoms with van der Waals surface area (Å²) < 4.78 is 0. The molecule has 0 aromatic carbocycles. The van der Waals surface area contributed by atoms with Crippen LogP contribution in [0.3, 0.4) is 0 Å². The number of amides is 8. The first-order valence-electron chi connectivity index (χ1n) is 4.07. The maximum atomic E-state index is 9.62. The first kappa shape index (κ1) is 31.7. The molecule has 0 saturated heterocycles. The summed E-state index contributed by atoms with van der Waals surface area (Å²) >= 11 is 0. The van der Waals surface area contributed by atoms with E-state index in [9.17, 15) is 19.2 Å². The van der Waals surface area contributed by atoms with Gasteiger partial charge in [0.1, 0.15) is 0 Å². The Labute approximate surface area is 135 Å². The summed E-state index contributed by atoms with van der Waals surface area (Å²) in [5.74, 6) is 0. The number of rotatable bonds is 0.